The van der Waals surface area contributed by atoms with Crippen LogP contribution in [0.2, 0.25) is 0 Å². The number of thiazole rings is 1. The van der Waals surface area contributed by atoms with Crippen molar-refractivity contribution in [3.05, 3.63) is 40.9 Å². The Morgan fingerprint density at radius 1 is 1.26 bits per heavy atom. The van der Waals surface area contributed by atoms with Crippen LogP contribution >= 0.6 is 35.3 Å². The van der Waals surface area contributed by atoms with Gasteiger partial charge >= 0.3 is 0 Å². The van der Waals surface area contributed by atoms with Gasteiger partial charge in [0, 0.05) is 23.0 Å². The number of benzene rings is 1. The lowest BCUT2D eigenvalue weighted by atomic mass is 10.2. The molecule has 0 aliphatic carbocycles. The maximum atomic E-state index is 4.67. The molecular weight excluding hydrogens is 419 g/mol. The molecule has 0 atom stereocenters. The van der Waals surface area contributed by atoms with E-state index in [-0.39, 0.29) is 24.0 Å². The van der Waals surface area contributed by atoms with Gasteiger partial charge in [-0.3, -0.25) is 0 Å². The Labute approximate surface area is 159 Å². The molecule has 23 heavy (non-hydrogen) atoms. The number of aliphatic imine (C=N–C) groups is 1. The zero-order chi connectivity index (χ0) is 15.9. The normalized spacial score (nSPS) is 11.3. The smallest absolute Gasteiger partial charge is 0.191 e. The maximum Gasteiger partial charge on any atom is 0.191 e. The van der Waals surface area contributed by atoms with Gasteiger partial charge in [0.15, 0.2) is 5.96 Å². The first-order valence-electron chi connectivity index (χ1n) is 7.66. The van der Waals surface area contributed by atoms with Gasteiger partial charge in [0.1, 0.15) is 5.01 Å². The van der Waals surface area contributed by atoms with Crippen LogP contribution in [0.5, 0.6) is 0 Å². The second-order valence-electron chi connectivity index (χ2n) is 5.39. The summed E-state index contributed by atoms with van der Waals surface area (Å²) in [5.74, 6) is 0.853. The molecule has 0 amide bonds. The standard InChI is InChI=1S/C17H24N4S.HI/c1-5-18-17(20-12(2)3)19-11-15-13(4)21-16(22-15)14-9-7-6-8-10-14;/h6-10,12H,5,11H2,1-4H3,(H2,18,19,20);1H. The molecule has 0 saturated carbocycles. The third-order valence-corrected chi connectivity index (χ3v) is 4.26. The summed E-state index contributed by atoms with van der Waals surface area (Å²) in [4.78, 5) is 10.5. The molecule has 2 rings (SSSR count). The number of halogens is 1. The Morgan fingerprint density at radius 3 is 2.57 bits per heavy atom. The summed E-state index contributed by atoms with van der Waals surface area (Å²) in [7, 11) is 0. The zero-order valence-electron chi connectivity index (χ0n) is 14.1. The van der Waals surface area contributed by atoms with Gasteiger partial charge in [-0.1, -0.05) is 30.3 Å². The Morgan fingerprint density at radius 2 is 1.96 bits per heavy atom. The summed E-state index contributed by atoms with van der Waals surface area (Å²) in [6, 6.07) is 10.7. The van der Waals surface area contributed by atoms with E-state index in [9.17, 15) is 0 Å². The molecule has 0 bridgehead atoms. The highest BCUT2D eigenvalue weighted by Gasteiger charge is 2.09. The summed E-state index contributed by atoms with van der Waals surface area (Å²) >= 11 is 1.72. The van der Waals surface area contributed by atoms with E-state index in [1.165, 1.54) is 4.88 Å². The van der Waals surface area contributed by atoms with Crippen LogP contribution in [0, 0.1) is 6.92 Å². The van der Waals surface area contributed by atoms with E-state index in [2.05, 4.69) is 60.4 Å². The van der Waals surface area contributed by atoms with Gasteiger partial charge in [-0.25, -0.2) is 9.98 Å². The van der Waals surface area contributed by atoms with E-state index in [0.717, 1.165) is 28.8 Å². The second-order valence-corrected chi connectivity index (χ2v) is 6.47. The SMILES string of the molecule is CCNC(=NCc1sc(-c2ccccc2)nc1C)NC(C)C.I. The first-order valence-corrected chi connectivity index (χ1v) is 8.48. The van der Waals surface area contributed by atoms with Crippen molar-refractivity contribution in [2.45, 2.75) is 40.3 Å². The van der Waals surface area contributed by atoms with Crippen molar-refractivity contribution in [3.63, 3.8) is 0 Å². The molecule has 4 nitrogen and oxygen atoms in total. The van der Waals surface area contributed by atoms with Crippen molar-refractivity contribution >= 4 is 41.3 Å². The summed E-state index contributed by atoms with van der Waals surface area (Å²) < 4.78 is 0. The molecule has 0 aliphatic rings. The summed E-state index contributed by atoms with van der Waals surface area (Å²) in [6.45, 7) is 9.85. The van der Waals surface area contributed by atoms with Crippen LogP contribution in [0.1, 0.15) is 31.3 Å². The number of aryl methyl sites for hydroxylation is 1. The predicted octanol–water partition coefficient (Wildman–Crippen LogP) is 4.20. The molecule has 2 N–H and O–H groups in total. The topological polar surface area (TPSA) is 49.3 Å². The van der Waals surface area contributed by atoms with Crippen LogP contribution in [0.4, 0.5) is 0 Å². The third-order valence-electron chi connectivity index (χ3n) is 3.06. The van der Waals surface area contributed by atoms with Gasteiger partial charge in [0.05, 0.1) is 12.2 Å². The van der Waals surface area contributed by atoms with Crippen LogP contribution < -0.4 is 10.6 Å². The molecule has 2 aromatic rings. The quantitative estimate of drug-likeness (QED) is 0.413. The number of rotatable bonds is 5. The van der Waals surface area contributed by atoms with Crippen molar-refractivity contribution in [3.8, 4) is 10.6 Å². The molecule has 126 valence electrons. The van der Waals surface area contributed by atoms with Gasteiger partial charge in [-0.05, 0) is 27.7 Å². The van der Waals surface area contributed by atoms with Crippen molar-refractivity contribution in [2.24, 2.45) is 4.99 Å². The average Bonchev–Trinajstić information content (AvgIpc) is 2.87. The molecule has 0 unspecified atom stereocenters. The molecule has 0 spiro atoms. The van der Waals surface area contributed by atoms with Crippen molar-refractivity contribution < 1.29 is 0 Å². The van der Waals surface area contributed by atoms with Gasteiger partial charge < -0.3 is 10.6 Å². The van der Waals surface area contributed by atoms with Crippen LogP contribution in [-0.2, 0) is 6.54 Å². The number of hydrogen-bond donors (Lipinski definition) is 2. The monoisotopic (exact) mass is 444 g/mol. The first kappa shape index (κ1) is 19.9. The highest BCUT2D eigenvalue weighted by molar-refractivity contribution is 14.0. The largest absolute Gasteiger partial charge is 0.357 e. The highest BCUT2D eigenvalue weighted by Crippen LogP contribution is 2.28. The lowest BCUT2D eigenvalue weighted by Gasteiger charge is -2.13. The van der Waals surface area contributed by atoms with Gasteiger partial charge in [-0.2, -0.15) is 0 Å². The van der Waals surface area contributed by atoms with Gasteiger partial charge in [-0.15, -0.1) is 35.3 Å². The molecule has 1 heterocycles. The van der Waals surface area contributed by atoms with E-state index >= 15 is 0 Å². The third kappa shape index (κ3) is 6.10. The van der Waals surface area contributed by atoms with E-state index in [1.807, 2.05) is 18.2 Å². The number of nitrogens with one attached hydrogen (secondary N) is 2. The number of nitrogens with zero attached hydrogens (tertiary/aromatic N) is 2. The molecule has 0 fully saturated rings. The summed E-state index contributed by atoms with van der Waals surface area (Å²) in [5, 5.41) is 7.66. The Balaban J connectivity index is 0.00000264. The minimum Gasteiger partial charge on any atom is -0.357 e. The van der Waals surface area contributed by atoms with Crippen LogP contribution in [0.3, 0.4) is 0 Å². The first-order chi connectivity index (χ1) is 10.6. The maximum absolute atomic E-state index is 4.67. The minimum atomic E-state index is 0. The Kier molecular flexibility index (Phi) is 8.54. The predicted molar refractivity (Wildman–Crippen MR) is 111 cm³/mol. The Hall–Kier alpha value is -1.15. The van der Waals surface area contributed by atoms with Crippen LogP contribution in [0.15, 0.2) is 35.3 Å². The molecule has 1 aromatic carbocycles. The van der Waals surface area contributed by atoms with Crippen LogP contribution in [0.25, 0.3) is 10.6 Å². The highest BCUT2D eigenvalue weighted by atomic mass is 127. The zero-order valence-corrected chi connectivity index (χ0v) is 17.2. The molecule has 1 aromatic heterocycles. The molecular formula is C17H25IN4S. The van der Waals surface area contributed by atoms with E-state index in [0.29, 0.717) is 12.6 Å². The van der Waals surface area contributed by atoms with Crippen molar-refractivity contribution in [1.82, 2.24) is 15.6 Å². The lowest BCUT2D eigenvalue weighted by molar-refractivity contribution is 0.701. The summed E-state index contributed by atoms with van der Waals surface area (Å²) in [6.07, 6.45) is 0. The number of aromatic nitrogens is 1. The average molecular weight is 444 g/mol. The fourth-order valence-electron chi connectivity index (χ4n) is 2.02. The van der Waals surface area contributed by atoms with E-state index in [1.54, 1.807) is 11.3 Å². The summed E-state index contributed by atoms with van der Waals surface area (Å²) in [5.41, 5.74) is 2.23. The minimum absolute atomic E-state index is 0. The molecule has 0 saturated heterocycles. The fourth-order valence-corrected chi connectivity index (χ4v) is 3.02. The van der Waals surface area contributed by atoms with Gasteiger partial charge in [0.25, 0.3) is 0 Å². The molecule has 0 aliphatic heterocycles. The molecule has 0 radical (unpaired) electrons. The fraction of sp³-hybridized carbons (Fsp3) is 0.412. The second kappa shape index (κ2) is 9.87. The van der Waals surface area contributed by atoms with Crippen LogP contribution in [-0.4, -0.2) is 23.5 Å². The van der Waals surface area contributed by atoms with E-state index in [4.69, 9.17) is 0 Å². The van der Waals surface area contributed by atoms with Crippen molar-refractivity contribution in [2.75, 3.05) is 6.54 Å². The number of hydrogen-bond acceptors (Lipinski definition) is 3. The molecule has 6 heteroatoms. The lowest BCUT2D eigenvalue weighted by Crippen LogP contribution is -2.40. The Bertz CT molecular complexity index is 623. The van der Waals surface area contributed by atoms with E-state index < -0.39 is 0 Å². The number of guanidine groups is 1. The van der Waals surface area contributed by atoms with Crippen molar-refractivity contribution in [1.29, 1.82) is 0 Å². The van der Waals surface area contributed by atoms with Gasteiger partial charge in [0.2, 0.25) is 0 Å².